The molecule has 0 radical (unpaired) electrons. The van der Waals surface area contributed by atoms with Crippen molar-refractivity contribution in [3.05, 3.63) is 83.8 Å². The zero-order valence-corrected chi connectivity index (χ0v) is 13.2. The highest BCUT2D eigenvalue weighted by Gasteiger charge is 2.15. The van der Waals surface area contributed by atoms with E-state index in [1.165, 1.54) is 17.4 Å². The minimum absolute atomic E-state index is 0.0679. The Labute approximate surface area is 136 Å². The standard InChI is InChI=1S/C20H19NO2/c1-14(21-20(22)19-12-13-23-15(19)2)16-8-10-18(11-9-16)17-6-4-3-5-7-17/h3-14H,1-2H3,(H,21,22)/t14-/m0/s1. The van der Waals surface area contributed by atoms with E-state index in [1.54, 1.807) is 13.0 Å². The number of carbonyl (C=O) groups excluding carboxylic acids is 1. The molecule has 0 unspecified atom stereocenters. The van der Waals surface area contributed by atoms with Crippen molar-refractivity contribution in [1.29, 1.82) is 0 Å². The first-order valence-electron chi connectivity index (χ1n) is 7.65. The van der Waals surface area contributed by atoms with Gasteiger partial charge in [0.1, 0.15) is 5.76 Å². The Morgan fingerprint density at radius 1 is 0.957 bits per heavy atom. The van der Waals surface area contributed by atoms with Crippen molar-refractivity contribution in [2.75, 3.05) is 0 Å². The Kier molecular flexibility index (Phi) is 4.29. The molecular formula is C20H19NO2. The van der Waals surface area contributed by atoms with Crippen molar-refractivity contribution < 1.29 is 9.21 Å². The minimum Gasteiger partial charge on any atom is -0.469 e. The molecule has 1 aromatic heterocycles. The summed E-state index contributed by atoms with van der Waals surface area (Å²) in [5.74, 6) is 0.519. The van der Waals surface area contributed by atoms with Gasteiger partial charge in [0, 0.05) is 0 Å². The molecule has 3 nitrogen and oxygen atoms in total. The zero-order valence-electron chi connectivity index (χ0n) is 13.2. The molecule has 0 saturated heterocycles. The molecule has 1 heterocycles. The van der Waals surface area contributed by atoms with Gasteiger partial charge in [-0.15, -0.1) is 0 Å². The number of rotatable bonds is 4. The Balaban J connectivity index is 1.72. The van der Waals surface area contributed by atoms with Crippen molar-refractivity contribution >= 4 is 5.91 Å². The van der Waals surface area contributed by atoms with E-state index >= 15 is 0 Å². The fourth-order valence-electron chi connectivity index (χ4n) is 2.57. The molecule has 0 aliphatic heterocycles. The number of furan rings is 1. The van der Waals surface area contributed by atoms with Crippen LogP contribution in [0.5, 0.6) is 0 Å². The third-order valence-electron chi connectivity index (χ3n) is 3.97. The van der Waals surface area contributed by atoms with Crippen LogP contribution in [0.2, 0.25) is 0 Å². The molecule has 23 heavy (non-hydrogen) atoms. The number of hydrogen-bond donors (Lipinski definition) is 1. The maximum atomic E-state index is 12.2. The number of carbonyl (C=O) groups is 1. The molecule has 116 valence electrons. The molecule has 2 aromatic carbocycles. The Morgan fingerprint density at radius 3 is 2.22 bits per heavy atom. The van der Waals surface area contributed by atoms with Crippen LogP contribution in [0.1, 0.15) is 34.6 Å². The predicted octanol–water partition coefficient (Wildman–Crippen LogP) is 4.75. The van der Waals surface area contributed by atoms with Crippen molar-refractivity contribution in [3.8, 4) is 11.1 Å². The second-order valence-corrected chi connectivity index (χ2v) is 5.57. The number of amides is 1. The van der Waals surface area contributed by atoms with Gasteiger partial charge in [-0.25, -0.2) is 0 Å². The second-order valence-electron chi connectivity index (χ2n) is 5.57. The van der Waals surface area contributed by atoms with Crippen molar-refractivity contribution in [1.82, 2.24) is 5.32 Å². The summed E-state index contributed by atoms with van der Waals surface area (Å²) in [5.41, 5.74) is 4.00. The SMILES string of the molecule is Cc1occc1C(=O)N[C@@H](C)c1ccc(-c2ccccc2)cc1. The minimum atomic E-state index is -0.115. The molecule has 0 aliphatic carbocycles. The van der Waals surface area contributed by atoms with Crippen LogP contribution >= 0.6 is 0 Å². The van der Waals surface area contributed by atoms with E-state index in [0.717, 1.165) is 5.56 Å². The number of nitrogens with one attached hydrogen (secondary N) is 1. The molecular weight excluding hydrogens is 286 g/mol. The van der Waals surface area contributed by atoms with Gasteiger partial charge < -0.3 is 9.73 Å². The van der Waals surface area contributed by atoms with Crippen LogP contribution in [0.4, 0.5) is 0 Å². The predicted molar refractivity (Wildman–Crippen MR) is 91.2 cm³/mol. The fourth-order valence-corrected chi connectivity index (χ4v) is 2.57. The van der Waals surface area contributed by atoms with Crippen LogP contribution in [0, 0.1) is 6.92 Å². The maximum absolute atomic E-state index is 12.2. The van der Waals surface area contributed by atoms with E-state index in [4.69, 9.17) is 4.42 Å². The molecule has 3 aromatic rings. The van der Waals surface area contributed by atoms with Crippen molar-refractivity contribution in [2.45, 2.75) is 19.9 Å². The number of benzene rings is 2. The van der Waals surface area contributed by atoms with Crippen LogP contribution in [0.25, 0.3) is 11.1 Å². The summed E-state index contributed by atoms with van der Waals surface area (Å²) in [6, 6.07) is 20.1. The fraction of sp³-hybridized carbons (Fsp3) is 0.150. The Hall–Kier alpha value is -2.81. The lowest BCUT2D eigenvalue weighted by atomic mass is 10.0. The third-order valence-corrected chi connectivity index (χ3v) is 3.97. The highest BCUT2D eigenvalue weighted by atomic mass is 16.3. The van der Waals surface area contributed by atoms with Gasteiger partial charge in [0.05, 0.1) is 17.9 Å². The molecule has 0 fully saturated rings. The Morgan fingerprint density at radius 2 is 1.61 bits per heavy atom. The van der Waals surface area contributed by atoms with Gasteiger partial charge >= 0.3 is 0 Å². The Bertz CT molecular complexity index is 788. The van der Waals surface area contributed by atoms with Crippen molar-refractivity contribution in [2.24, 2.45) is 0 Å². The van der Waals surface area contributed by atoms with Gasteiger partial charge in [0.25, 0.3) is 5.91 Å². The summed E-state index contributed by atoms with van der Waals surface area (Å²) in [6.07, 6.45) is 1.53. The molecule has 3 heteroatoms. The van der Waals surface area contributed by atoms with E-state index in [1.807, 2.05) is 25.1 Å². The summed E-state index contributed by atoms with van der Waals surface area (Å²) < 4.78 is 5.18. The summed E-state index contributed by atoms with van der Waals surface area (Å²) in [6.45, 7) is 3.76. The lowest BCUT2D eigenvalue weighted by Gasteiger charge is -2.14. The van der Waals surface area contributed by atoms with Crippen LogP contribution in [-0.4, -0.2) is 5.91 Å². The smallest absolute Gasteiger partial charge is 0.255 e. The zero-order chi connectivity index (χ0) is 16.2. The quantitative estimate of drug-likeness (QED) is 0.756. The molecule has 1 N–H and O–H groups in total. The summed E-state index contributed by atoms with van der Waals surface area (Å²) >= 11 is 0. The van der Waals surface area contributed by atoms with Crippen molar-refractivity contribution in [3.63, 3.8) is 0 Å². The van der Waals surface area contributed by atoms with Crippen LogP contribution < -0.4 is 5.32 Å². The molecule has 1 amide bonds. The van der Waals surface area contributed by atoms with E-state index in [0.29, 0.717) is 11.3 Å². The van der Waals surface area contributed by atoms with E-state index < -0.39 is 0 Å². The molecule has 1 atom stereocenters. The molecule has 0 saturated carbocycles. The van der Waals surface area contributed by atoms with E-state index in [9.17, 15) is 4.79 Å². The maximum Gasteiger partial charge on any atom is 0.255 e. The summed E-state index contributed by atoms with van der Waals surface area (Å²) in [7, 11) is 0. The lowest BCUT2D eigenvalue weighted by Crippen LogP contribution is -2.26. The van der Waals surface area contributed by atoms with Gasteiger partial charge in [-0.05, 0) is 36.6 Å². The van der Waals surface area contributed by atoms with Gasteiger partial charge in [-0.3, -0.25) is 4.79 Å². The largest absolute Gasteiger partial charge is 0.469 e. The molecule has 3 rings (SSSR count). The number of hydrogen-bond acceptors (Lipinski definition) is 2. The van der Waals surface area contributed by atoms with Gasteiger partial charge in [-0.1, -0.05) is 54.6 Å². The highest BCUT2D eigenvalue weighted by Crippen LogP contribution is 2.22. The van der Waals surface area contributed by atoms with Gasteiger partial charge in [0.15, 0.2) is 0 Å². The summed E-state index contributed by atoms with van der Waals surface area (Å²) in [5, 5.41) is 3.00. The van der Waals surface area contributed by atoms with Crippen LogP contribution in [0.3, 0.4) is 0 Å². The van der Waals surface area contributed by atoms with Gasteiger partial charge in [0.2, 0.25) is 0 Å². The number of aryl methyl sites for hydroxylation is 1. The summed E-state index contributed by atoms with van der Waals surface area (Å²) in [4.78, 5) is 12.2. The first-order valence-corrected chi connectivity index (χ1v) is 7.65. The molecule has 0 aliphatic rings. The molecule has 0 bridgehead atoms. The average molecular weight is 305 g/mol. The first kappa shape index (κ1) is 15.1. The van der Waals surface area contributed by atoms with Gasteiger partial charge in [-0.2, -0.15) is 0 Å². The van der Waals surface area contributed by atoms with Crippen LogP contribution in [-0.2, 0) is 0 Å². The van der Waals surface area contributed by atoms with E-state index in [-0.39, 0.29) is 11.9 Å². The third kappa shape index (κ3) is 3.34. The molecule has 0 spiro atoms. The second kappa shape index (κ2) is 6.53. The lowest BCUT2D eigenvalue weighted by molar-refractivity contribution is 0.0938. The van der Waals surface area contributed by atoms with Crippen LogP contribution in [0.15, 0.2) is 71.3 Å². The first-order chi connectivity index (χ1) is 11.1. The van der Waals surface area contributed by atoms with E-state index in [2.05, 4.69) is 41.7 Å². The highest BCUT2D eigenvalue weighted by molar-refractivity contribution is 5.95. The topological polar surface area (TPSA) is 42.2 Å². The average Bonchev–Trinajstić information content (AvgIpc) is 3.02. The monoisotopic (exact) mass is 305 g/mol. The normalized spacial score (nSPS) is 11.9.